The van der Waals surface area contributed by atoms with Gasteiger partial charge in [0, 0.05) is 5.69 Å². The molecule has 0 bridgehead atoms. The number of hydrogen-bond donors (Lipinski definition) is 3. The summed E-state index contributed by atoms with van der Waals surface area (Å²) < 4.78 is 1.77. The molecule has 0 radical (unpaired) electrons. The summed E-state index contributed by atoms with van der Waals surface area (Å²) in [6, 6.07) is 14.3. The minimum absolute atomic E-state index is 0.261. The zero-order valence-electron chi connectivity index (χ0n) is 17.9. The Morgan fingerprint density at radius 2 is 2.09 bits per heavy atom. The van der Waals surface area contributed by atoms with Crippen LogP contribution in [0.15, 0.2) is 85.4 Å². The zero-order valence-corrected chi connectivity index (χ0v) is 17.9. The van der Waals surface area contributed by atoms with Gasteiger partial charge in [-0.05, 0) is 64.0 Å². The molecule has 4 aromatic rings. The second kappa shape index (κ2) is 9.74. The van der Waals surface area contributed by atoms with Gasteiger partial charge in [-0.3, -0.25) is 0 Å². The number of hydrogen-bond acceptors (Lipinski definition) is 6. The molecule has 0 amide bonds. The molecule has 4 rings (SSSR count). The van der Waals surface area contributed by atoms with Crippen molar-refractivity contribution in [1.29, 1.82) is 0 Å². The number of anilines is 1. The topological polar surface area (TPSA) is 110 Å². The largest absolute Gasteiger partial charge is 0.405 e. The van der Waals surface area contributed by atoms with Gasteiger partial charge in [0.2, 0.25) is 0 Å². The van der Waals surface area contributed by atoms with Crippen molar-refractivity contribution in [2.45, 2.75) is 25.9 Å². The third kappa shape index (κ3) is 4.59. The fraction of sp³-hybridized carbons (Fsp3) is 0.167. The minimum Gasteiger partial charge on any atom is -0.405 e. The van der Waals surface area contributed by atoms with Crippen LogP contribution < -0.4 is 11.1 Å². The summed E-state index contributed by atoms with van der Waals surface area (Å²) in [7, 11) is 0. The van der Waals surface area contributed by atoms with Crippen LogP contribution in [-0.4, -0.2) is 30.2 Å². The first-order valence-corrected chi connectivity index (χ1v) is 10.5. The SMILES string of the molecule is C=C/C(=C\C=C/N)Cn1nnnc1C(Nc1ccc2[nH]cnc2c1)c1ccc(CC)cc1. The van der Waals surface area contributed by atoms with Crippen LogP contribution in [0.4, 0.5) is 5.69 Å². The molecule has 0 spiro atoms. The molecule has 32 heavy (non-hydrogen) atoms. The summed E-state index contributed by atoms with van der Waals surface area (Å²) in [6.07, 6.45) is 9.58. The van der Waals surface area contributed by atoms with E-state index in [1.807, 2.05) is 24.3 Å². The Bertz CT molecular complexity index is 1250. The van der Waals surface area contributed by atoms with Crippen LogP contribution in [0.1, 0.15) is 29.9 Å². The second-order valence-electron chi connectivity index (χ2n) is 7.33. The van der Waals surface area contributed by atoms with E-state index in [1.165, 1.54) is 11.8 Å². The van der Waals surface area contributed by atoms with Crippen molar-refractivity contribution in [2.75, 3.05) is 5.32 Å². The van der Waals surface area contributed by atoms with Gasteiger partial charge in [-0.2, -0.15) is 0 Å². The van der Waals surface area contributed by atoms with Gasteiger partial charge in [-0.1, -0.05) is 49.9 Å². The average Bonchev–Trinajstić information content (AvgIpc) is 3.49. The lowest BCUT2D eigenvalue weighted by atomic mass is 10.0. The molecule has 1 unspecified atom stereocenters. The molecular formula is C24H26N8. The smallest absolute Gasteiger partial charge is 0.178 e. The lowest BCUT2D eigenvalue weighted by molar-refractivity contribution is 0.607. The minimum atomic E-state index is -0.261. The van der Waals surface area contributed by atoms with Crippen LogP contribution in [0.3, 0.4) is 0 Å². The van der Waals surface area contributed by atoms with Crippen molar-refractivity contribution in [3.8, 4) is 0 Å². The molecule has 162 valence electrons. The van der Waals surface area contributed by atoms with Crippen molar-refractivity contribution in [3.63, 3.8) is 0 Å². The monoisotopic (exact) mass is 426 g/mol. The standard InChI is InChI=1S/C24H26N8/c1-3-17-7-9-19(10-8-17)23(28-20-11-12-21-22(14-20)27-16-26-21)24-29-30-31-32(24)15-18(4-2)6-5-13-25/h4-14,16,23,28H,2-3,15,25H2,1H3,(H,26,27)/b13-5-,18-6+. The van der Waals surface area contributed by atoms with Gasteiger partial charge in [-0.25, -0.2) is 9.67 Å². The zero-order chi connectivity index (χ0) is 22.3. The van der Waals surface area contributed by atoms with Crippen LogP contribution in [0.25, 0.3) is 11.0 Å². The number of allylic oxidation sites excluding steroid dienone is 4. The van der Waals surface area contributed by atoms with Gasteiger partial charge in [0.1, 0.15) is 6.04 Å². The normalized spacial score (nSPS) is 13.0. The predicted molar refractivity (Wildman–Crippen MR) is 127 cm³/mol. The molecular weight excluding hydrogens is 400 g/mol. The number of aryl methyl sites for hydroxylation is 1. The Morgan fingerprint density at radius 1 is 1.25 bits per heavy atom. The second-order valence-corrected chi connectivity index (χ2v) is 7.33. The molecule has 0 saturated heterocycles. The van der Waals surface area contributed by atoms with Crippen LogP contribution in [0.5, 0.6) is 0 Å². The molecule has 0 aliphatic carbocycles. The van der Waals surface area contributed by atoms with Crippen LogP contribution in [-0.2, 0) is 13.0 Å². The Balaban J connectivity index is 1.72. The first kappa shape index (κ1) is 21.0. The van der Waals surface area contributed by atoms with E-state index in [-0.39, 0.29) is 6.04 Å². The van der Waals surface area contributed by atoms with E-state index in [4.69, 9.17) is 5.73 Å². The number of benzene rings is 2. The Kier molecular flexibility index (Phi) is 6.41. The number of tetrazole rings is 1. The van der Waals surface area contributed by atoms with Gasteiger partial charge in [0.05, 0.1) is 23.9 Å². The maximum absolute atomic E-state index is 5.48. The number of nitrogens with two attached hydrogens (primary N) is 1. The Morgan fingerprint density at radius 3 is 2.84 bits per heavy atom. The molecule has 4 N–H and O–H groups in total. The molecule has 0 saturated carbocycles. The number of H-pyrrole nitrogens is 1. The number of fused-ring (bicyclic) bond motifs is 1. The Labute approximate surface area is 186 Å². The number of rotatable bonds is 9. The highest BCUT2D eigenvalue weighted by molar-refractivity contribution is 5.78. The summed E-state index contributed by atoms with van der Waals surface area (Å²) >= 11 is 0. The number of imidazole rings is 1. The molecule has 0 aliphatic rings. The summed E-state index contributed by atoms with van der Waals surface area (Å²) in [6.45, 7) is 6.50. The number of nitrogens with zero attached hydrogens (tertiary/aromatic N) is 5. The molecule has 0 aliphatic heterocycles. The first-order valence-electron chi connectivity index (χ1n) is 10.5. The van der Waals surface area contributed by atoms with Gasteiger partial charge >= 0.3 is 0 Å². The third-order valence-electron chi connectivity index (χ3n) is 5.29. The average molecular weight is 427 g/mol. The predicted octanol–water partition coefficient (Wildman–Crippen LogP) is 3.90. The van der Waals surface area contributed by atoms with E-state index in [9.17, 15) is 0 Å². The van der Waals surface area contributed by atoms with Crippen molar-refractivity contribution in [2.24, 2.45) is 5.73 Å². The maximum Gasteiger partial charge on any atom is 0.178 e. The van der Waals surface area contributed by atoms with Crippen molar-refractivity contribution >= 4 is 16.7 Å². The highest BCUT2D eigenvalue weighted by atomic mass is 15.5. The lowest BCUT2D eigenvalue weighted by Gasteiger charge is -2.20. The van der Waals surface area contributed by atoms with E-state index in [0.29, 0.717) is 12.4 Å². The molecule has 0 fully saturated rings. The van der Waals surface area contributed by atoms with E-state index < -0.39 is 0 Å². The summed E-state index contributed by atoms with van der Waals surface area (Å²) in [5.41, 5.74) is 11.6. The fourth-order valence-corrected chi connectivity index (χ4v) is 3.50. The molecule has 2 aromatic carbocycles. The number of nitrogens with one attached hydrogen (secondary N) is 2. The van der Waals surface area contributed by atoms with Gasteiger partial charge in [0.15, 0.2) is 5.82 Å². The van der Waals surface area contributed by atoms with Crippen molar-refractivity contribution in [3.05, 3.63) is 102 Å². The number of aromatic nitrogens is 6. The molecule has 1 atom stereocenters. The third-order valence-corrected chi connectivity index (χ3v) is 5.29. The van der Waals surface area contributed by atoms with Crippen LogP contribution in [0, 0.1) is 0 Å². The fourth-order valence-electron chi connectivity index (χ4n) is 3.50. The summed E-state index contributed by atoms with van der Waals surface area (Å²) in [5, 5.41) is 16.1. The van der Waals surface area contributed by atoms with E-state index in [0.717, 1.165) is 34.3 Å². The molecule has 8 nitrogen and oxygen atoms in total. The van der Waals surface area contributed by atoms with Gasteiger partial charge in [-0.15, -0.1) is 5.10 Å². The van der Waals surface area contributed by atoms with E-state index >= 15 is 0 Å². The summed E-state index contributed by atoms with van der Waals surface area (Å²) in [5.74, 6) is 0.695. The van der Waals surface area contributed by atoms with Crippen LogP contribution in [0.2, 0.25) is 0 Å². The molecule has 2 heterocycles. The Hall–Kier alpha value is -4.20. The number of aromatic amines is 1. The summed E-state index contributed by atoms with van der Waals surface area (Å²) in [4.78, 5) is 7.49. The van der Waals surface area contributed by atoms with Crippen molar-refractivity contribution in [1.82, 2.24) is 30.2 Å². The van der Waals surface area contributed by atoms with Gasteiger partial charge < -0.3 is 16.0 Å². The first-order chi connectivity index (χ1) is 15.7. The molecule has 8 heteroatoms. The van der Waals surface area contributed by atoms with E-state index in [2.05, 4.69) is 68.6 Å². The van der Waals surface area contributed by atoms with E-state index in [1.54, 1.807) is 23.2 Å². The van der Waals surface area contributed by atoms with Crippen molar-refractivity contribution < 1.29 is 0 Å². The highest BCUT2D eigenvalue weighted by Gasteiger charge is 2.22. The lowest BCUT2D eigenvalue weighted by Crippen LogP contribution is -2.19. The molecule has 2 aromatic heterocycles. The highest BCUT2D eigenvalue weighted by Crippen LogP contribution is 2.27. The van der Waals surface area contributed by atoms with Crippen LogP contribution >= 0.6 is 0 Å². The van der Waals surface area contributed by atoms with Gasteiger partial charge in [0.25, 0.3) is 0 Å². The quantitative estimate of drug-likeness (QED) is 0.350. The maximum atomic E-state index is 5.48.